The molecule has 0 aliphatic carbocycles. The van der Waals surface area contributed by atoms with Crippen LogP contribution in [0.25, 0.3) is 0 Å². The zero-order chi connectivity index (χ0) is 12.3. The SMILES string of the molecule is Nc1ncnc(Sc2ccncc2)c1[N+](=O)[O-]. The Kier molecular flexibility index (Phi) is 3.15. The minimum absolute atomic E-state index is 0.137. The summed E-state index contributed by atoms with van der Waals surface area (Å²) in [5, 5.41) is 11.1. The van der Waals surface area contributed by atoms with Crippen molar-refractivity contribution < 1.29 is 4.92 Å². The fourth-order valence-corrected chi connectivity index (χ4v) is 2.00. The van der Waals surface area contributed by atoms with Crippen LogP contribution in [0.5, 0.6) is 0 Å². The van der Waals surface area contributed by atoms with Crippen LogP contribution in [0.2, 0.25) is 0 Å². The second kappa shape index (κ2) is 4.74. The Labute approximate surface area is 100 Å². The molecular weight excluding hydrogens is 242 g/mol. The van der Waals surface area contributed by atoms with Crippen LogP contribution in [-0.4, -0.2) is 19.9 Å². The summed E-state index contributed by atoms with van der Waals surface area (Å²) in [6, 6.07) is 3.46. The molecule has 0 unspecified atom stereocenters. The molecule has 0 spiro atoms. The fourth-order valence-electron chi connectivity index (χ4n) is 1.14. The first-order valence-corrected chi connectivity index (χ1v) is 5.33. The second-order valence-electron chi connectivity index (χ2n) is 2.95. The molecule has 8 heteroatoms. The van der Waals surface area contributed by atoms with Crippen molar-refractivity contribution in [2.45, 2.75) is 9.92 Å². The lowest BCUT2D eigenvalue weighted by Gasteiger charge is -2.02. The van der Waals surface area contributed by atoms with Gasteiger partial charge in [0.2, 0.25) is 5.82 Å². The van der Waals surface area contributed by atoms with E-state index in [-0.39, 0.29) is 16.5 Å². The Hall–Kier alpha value is -2.22. The topological polar surface area (TPSA) is 108 Å². The van der Waals surface area contributed by atoms with Gasteiger partial charge < -0.3 is 5.73 Å². The highest BCUT2D eigenvalue weighted by molar-refractivity contribution is 7.99. The van der Waals surface area contributed by atoms with E-state index >= 15 is 0 Å². The van der Waals surface area contributed by atoms with E-state index < -0.39 is 4.92 Å². The summed E-state index contributed by atoms with van der Waals surface area (Å²) >= 11 is 1.14. The van der Waals surface area contributed by atoms with Crippen LogP contribution in [0.3, 0.4) is 0 Å². The summed E-state index contributed by atoms with van der Waals surface area (Å²) in [7, 11) is 0. The lowest BCUT2D eigenvalue weighted by atomic mass is 10.5. The van der Waals surface area contributed by atoms with Gasteiger partial charge in [-0.2, -0.15) is 0 Å². The third kappa shape index (κ3) is 2.48. The first-order valence-electron chi connectivity index (χ1n) is 4.51. The lowest BCUT2D eigenvalue weighted by molar-refractivity contribution is -0.387. The van der Waals surface area contributed by atoms with Gasteiger partial charge in [-0.3, -0.25) is 15.1 Å². The highest BCUT2D eigenvalue weighted by Crippen LogP contribution is 2.34. The normalized spacial score (nSPS) is 10.1. The lowest BCUT2D eigenvalue weighted by Crippen LogP contribution is -2.01. The van der Waals surface area contributed by atoms with Crippen molar-refractivity contribution in [3.05, 3.63) is 41.0 Å². The van der Waals surface area contributed by atoms with Gasteiger partial charge in [-0.15, -0.1) is 0 Å². The van der Waals surface area contributed by atoms with E-state index in [1.54, 1.807) is 24.5 Å². The average molecular weight is 249 g/mol. The third-order valence-corrected chi connectivity index (χ3v) is 2.86. The Morgan fingerprint density at radius 3 is 2.65 bits per heavy atom. The zero-order valence-electron chi connectivity index (χ0n) is 8.48. The number of nitro groups is 1. The van der Waals surface area contributed by atoms with Crippen LogP contribution in [0, 0.1) is 10.1 Å². The third-order valence-electron chi connectivity index (χ3n) is 1.86. The van der Waals surface area contributed by atoms with Crippen LogP contribution in [0.15, 0.2) is 40.8 Å². The van der Waals surface area contributed by atoms with Gasteiger partial charge >= 0.3 is 5.69 Å². The average Bonchev–Trinajstić information content (AvgIpc) is 2.30. The maximum absolute atomic E-state index is 10.9. The molecule has 0 saturated heterocycles. The smallest absolute Gasteiger partial charge is 0.343 e. The Bertz CT molecular complexity index is 548. The second-order valence-corrected chi connectivity index (χ2v) is 4.02. The van der Waals surface area contributed by atoms with E-state index in [0.717, 1.165) is 16.7 Å². The number of hydrogen-bond donors (Lipinski definition) is 1. The van der Waals surface area contributed by atoms with E-state index in [1.807, 2.05) is 0 Å². The summed E-state index contributed by atoms with van der Waals surface area (Å²) in [6.45, 7) is 0. The maximum atomic E-state index is 10.9. The van der Waals surface area contributed by atoms with Crippen molar-refractivity contribution in [2.24, 2.45) is 0 Å². The predicted molar refractivity (Wildman–Crippen MR) is 61.5 cm³/mol. The highest BCUT2D eigenvalue weighted by atomic mass is 32.2. The van der Waals surface area contributed by atoms with Crippen LogP contribution in [-0.2, 0) is 0 Å². The first kappa shape index (κ1) is 11.3. The Morgan fingerprint density at radius 1 is 1.29 bits per heavy atom. The van der Waals surface area contributed by atoms with E-state index in [4.69, 9.17) is 5.73 Å². The summed E-state index contributed by atoms with van der Waals surface area (Å²) in [5.74, 6) is -0.137. The van der Waals surface area contributed by atoms with Crippen molar-refractivity contribution in [3.8, 4) is 0 Å². The molecular formula is C9H7N5O2S. The molecule has 2 N–H and O–H groups in total. The zero-order valence-corrected chi connectivity index (χ0v) is 9.29. The van der Waals surface area contributed by atoms with Crippen molar-refractivity contribution in [3.63, 3.8) is 0 Å². The fraction of sp³-hybridized carbons (Fsp3) is 0. The first-order chi connectivity index (χ1) is 8.18. The standard InChI is InChI=1S/C9H7N5O2S/c10-8-7(14(15)16)9(13-5-12-8)17-6-1-3-11-4-2-6/h1-5H,(H2,10,12,13). The summed E-state index contributed by atoms with van der Waals surface area (Å²) < 4.78 is 0. The molecule has 0 aliphatic rings. The monoisotopic (exact) mass is 249 g/mol. The molecule has 0 fully saturated rings. The van der Waals surface area contributed by atoms with Crippen molar-refractivity contribution >= 4 is 23.3 Å². The van der Waals surface area contributed by atoms with Gasteiger partial charge in [0.05, 0.1) is 4.92 Å². The van der Waals surface area contributed by atoms with Crippen molar-refractivity contribution in [1.82, 2.24) is 15.0 Å². The van der Waals surface area contributed by atoms with Gasteiger partial charge in [-0.1, -0.05) is 11.8 Å². The van der Waals surface area contributed by atoms with E-state index in [2.05, 4.69) is 15.0 Å². The Morgan fingerprint density at radius 2 is 2.00 bits per heavy atom. The highest BCUT2D eigenvalue weighted by Gasteiger charge is 2.21. The molecule has 0 saturated carbocycles. The number of rotatable bonds is 3. The van der Waals surface area contributed by atoms with Gasteiger partial charge in [-0.25, -0.2) is 9.97 Å². The quantitative estimate of drug-likeness (QED) is 0.499. The number of hydrogen-bond acceptors (Lipinski definition) is 7. The predicted octanol–water partition coefficient (Wildman–Crippen LogP) is 1.51. The van der Waals surface area contributed by atoms with Crippen LogP contribution in [0.4, 0.5) is 11.5 Å². The molecule has 17 heavy (non-hydrogen) atoms. The minimum atomic E-state index is -0.584. The number of nitrogens with zero attached hydrogens (tertiary/aromatic N) is 4. The molecule has 0 aromatic carbocycles. The van der Waals surface area contributed by atoms with Gasteiger partial charge in [0.25, 0.3) is 0 Å². The largest absolute Gasteiger partial charge is 0.378 e. The molecule has 0 atom stereocenters. The number of nitrogen functional groups attached to an aromatic ring is 1. The van der Waals surface area contributed by atoms with Gasteiger partial charge in [0, 0.05) is 17.3 Å². The number of nitrogens with two attached hydrogens (primary N) is 1. The molecule has 0 aliphatic heterocycles. The van der Waals surface area contributed by atoms with E-state index in [0.29, 0.717) is 0 Å². The molecule has 2 aromatic rings. The number of aromatic nitrogens is 3. The van der Waals surface area contributed by atoms with Gasteiger partial charge in [-0.05, 0) is 12.1 Å². The van der Waals surface area contributed by atoms with Crippen LogP contribution >= 0.6 is 11.8 Å². The molecule has 2 heterocycles. The maximum Gasteiger partial charge on any atom is 0.343 e. The number of anilines is 1. The molecule has 2 rings (SSSR count). The van der Waals surface area contributed by atoms with E-state index in [1.165, 1.54) is 6.33 Å². The molecule has 7 nitrogen and oxygen atoms in total. The van der Waals surface area contributed by atoms with Gasteiger partial charge in [0.1, 0.15) is 6.33 Å². The van der Waals surface area contributed by atoms with Crippen LogP contribution < -0.4 is 5.73 Å². The molecule has 0 bridgehead atoms. The number of pyridine rings is 1. The van der Waals surface area contributed by atoms with E-state index in [9.17, 15) is 10.1 Å². The Balaban J connectivity index is 2.40. The summed E-state index contributed by atoms with van der Waals surface area (Å²) in [5.41, 5.74) is 5.19. The van der Waals surface area contributed by atoms with Crippen LogP contribution in [0.1, 0.15) is 0 Å². The molecule has 0 amide bonds. The summed E-state index contributed by atoms with van der Waals surface area (Å²) in [4.78, 5) is 22.4. The molecule has 0 radical (unpaired) electrons. The minimum Gasteiger partial charge on any atom is -0.378 e. The summed E-state index contributed by atoms with van der Waals surface area (Å²) in [6.07, 6.45) is 4.39. The molecule has 86 valence electrons. The molecule has 2 aromatic heterocycles. The van der Waals surface area contributed by atoms with Gasteiger partial charge in [0.15, 0.2) is 5.03 Å². The van der Waals surface area contributed by atoms with Crippen molar-refractivity contribution in [1.29, 1.82) is 0 Å². The van der Waals surface area contributed by atoms with Crippen molar-refractivity contribution in [2.75, 3.05) is 5.73 Å².